The molecule has 0 saturated carbocycles. The fourth-order valence-electron chi connectivity index (χ4n) is 1.26. The monoisotopic (exact) mass is 318 g/mol. The number of rotatable bonds is 7. The van der Waals surface area contributed by atoms with Crippen LogP contribution in [0.4, 0.5) is 5.69 Å². The topological polar surface area (TPSA) is 113 Å². The average molecular weight is 318 g/mol. The Morgan fingerprint density at radius 3 is 2.30 bits per heavy atom. The molecule has 3 N–H and O–H groups in total. The first kappa shape index (κ1) is 16.5. The molecular formula is C11H14N2O5S2. The summed E-state index contributed by atoms with van der Waals surface area (Å²) in [5, 5.41) is 11.0. The quantitative estimate of drug-likeness (QED) is 0.669. The molecule has 0 aromatic heterocycles. The summed E-state index contributed by atoms with van der Waals surface area (Å²) in [4.78, 5) is 21.9. The number of aliphatic carboxylic acids is 1. The molecule has 1 rings (SSSR count). The van der Waals surface area contributed by atoms with Gasteiger partial charge in [0.25, 0.3) is 0 Å². The number of hydrogen-bond acceptors (Lipinski definition) is 5. The number of carbonyl (C=O) groups is 2. The third-order valence-corrected chi connectivity index (χ3v) is 4.52. The Bertz CT molecular complexity index is 583. The van der Waals surface area contributed by atoms with Crippen molar-refractivity contribution in [2.45, 2.75) is 4.90 Å². The first-order chi connectivity index (χ1) is 9.35. The molecule has 0 aliphatic heterocycles. The van der Waals surface area contributed by atoms with Crippen molar-refractivity contribution in [2.24, 2.45) is 0 Å². The molecule has 0 heterocycles. The third kappa shape index (κ3) is 5.19. The van der Waals surface area contributed by atoms with Gasteiger partial charge in [0.1, 0.15) is 0 Å². The van der Waals surface area contributed by atoms with Crippen molar-refractivity contribution in [1.29, 1.82) is 0 Å². The fourth-order valence-corrected chi connectivity index (χ4v) is 2.53. The molecule has 0 fully saturated rings. The van der Waals surface area contributed by atoms with E-state index in [1.54, 1.807) is 0 Å². The van der Waals surface area contributed by atoms with Crippen LogP contribution in [0.2, 0.25) is 0 Å². The van der Waals surface area contributed by atoms with Gasteiger partial charge in [-0.25, -0.2) is 13.1 Å². The van der Waals surface area contributed by atoms with Gasteiger partial charge in [-0.2, -0.15) is 0 Å². The number of sulfonamides is 1. The maximum Gasteiger partial charge on any atom is 0.313 e. The number of carboxylic acids is 1. The Morgan fingerprint density at radius 2 is 1.80 bits per heavy atom. The van der Waals surface area contributed by atoms with E-state index in [9.17, 15) is 18.0 Å². The first-order valence-corrected chi connectivity index (χ1v) is 8.12. The third-order valence-electron chi connectivity index (χ3n) is 2.18. The molecule has 0 aliphatic carbocycles. The van der Waals surface area contributed by atoms with Crippen molar-refractivity contribution >= 4 is 39.3 Å². The van der Waals surface area contributed by atoms with Crippen LogP contribution >= 0.6 is 11.8 Å². The molecular weight excluding hydrogens is 304 g/mol. The van der Waals surface area contributed by atoms with Gasteiger partial charge < -0.3 is 10.4 Å². The zero-order valence-corrected chi connectivity index (χ0v) is 12.3. The van der Waals surface area contributed by atoms with Gasteiger partial charge in [0.15, 0.2) is 0 Å². The first-order valence-electron chi connectivity index (χ1n) is 5.48. The van der Waals surface area contributed by atoms with Crippen LogP contribution in [0.5, 0.6) is 0 Å². The van der Waals surface area contributed by atoms with E-state index in [-0.39, 0.29) is 22.3 Å². The van der Waals surface area contributed by atoms with E-state index in [1.807, 2.05) is 0 Å². The van der Waals surface area contributed by atoms with Crippen molar-refractivity contribution in [3.8, 4) is 0 Å². The highest BCUT2D eigenvalue weighted by molar-refractivity contribution is 8.00. The molecule has 20 heavy (non-hydrogen) atoms. The number of carbonyl (C=O) groups excluding carboxylic acids is 1. The molecule has 7 nitrogen and oxygen atoms in total. The molecule has 1 aromatic carbocycles. The summed E-state index contributed by atoms with van der Waals surface area (Å²) in [6.07, 6.45) is 0. The lowest BCUT2D eigenvalue weighted by atomic mass is 10.3. The van der Waals surface area contributed by atoms with E-state index in [2.05, 4.69) is 10.0 Å². The second kappa shape index (κ2) is 7.27. The summed E-state index contributed by atoms with van der Waals surface area (Å²) in [7, 11) is -2.19. The molecule has 0 spiro atoms. The highest BCUT2D eigenvalue weighted by atomic mass is 32.2. The van der Waals surface area contributed by atoms with Crippen molar-refractivity contribution in [2.75, 3.05) is 23.9 Å². The fraction of sp³-hybridized carbons (Fsp3) is 0.273. The van der Waals surface area contributed by atoms with Gasteiger partial charge in [0.05, 0.1) is 16.4 Å². The van der Waals surface area contributed by atoms with E-state index in [0.717, 1.165) is 11.8 Å². The number of hydrogen-bond donors (Lipinski definition) is 3. The van der Waals surface area contributed by atoms with E-state index >= 15 is 0 Å². The smallest absolute Gasteiger partial charge is 0.313 e. The maximum atomic E-state index is 11.5. The van der Waals surface area contributed by atoms with Gasteiger partial charge in [-0.1, -0.05) is 0 Å². The number of thioether (sulfide) groups is 1. The lowest BCUT2D eigenvalue weighted by Gasteiger charge is -2.06. The normalized spacial score (nSPS) is 11.1. The molecule has 1 aromatic rings. The number of amides is 1. The molecule has 1 amide bonds. The molecule has 0 radical (unpaired) electrons. The van der Waals surface area contributed by atoms with Gasteiger partial charge >= 0.3 is 5.97 Å². The Hall–Kier alpha value is -1.58. The summed E-state index contributed by atoms with van der Waals surface area (Å²) < 4.78 is 25.1. The van der Waals surface area contributed by atoms with Crippen LogP contribution in [0.15, 0.2) is 29.2 Å². The predicted octanol–water partition coefficient (Wildman–Crippen LogP) is 0.351. The largest absolute Gasteiger partial charge is 0.481 e. The average Bonchev–Trinajstić information content (AvgIpc) is 2.39. The Kier molecular flexibility index (Phi) is 5.99. The van der Waals surface area contributed by atoms with Gasteiger partial charge in [-0.15, -0.1) is 11.8 Å². The summed E-state index contributed by atoms with van der Waals surface area (Å²) in [5.41, 5.74) is 0.445. The molecule has 110 valence electrons. The van der Waals surface area contributed by atoms with E-state index in [0.29, 0.717) is 5.69 Å². The van der Waals surface area contributed by atoms with Gasteiger partial charge in [-0.05, 0) is 31.3 Å². The Morgan fingerprint density at radius 1 is 1.20 bits per heavy atom. The zero-order chi connectivity index (χ0) is 15.2. The zero-order valence-electron chi connectivity index (χ0n) is 10.6. The molecule has 0 bridgehead atoms. The Labute approximate surface area is 120 Å². The van der Waals surface area contributed by atoms with Crippen LogP contribution in [0.25, 0.3) is 0 Å². The minimum absolute atomic E-state index is 0.0167. The van der Waals surface area contributed by atoms with Gasteiger partial charge in [0, 0.05) is 5.69 Å². The van der Waals surface area contributed by atoms with Crippen molar-refractivity contribution in [1.82, 2.24) is 4.72 Å². The van der Waals surface area contributed by atoms with E-state index in [4.69, 9.17) is 5.11 Å². The minimum atomic E-state index is -3.50. The molecule has 0 aliphatic rings. The van der Waals surface area contributed by atoms with Crippen molar-refractivity contribution < 1.29 is 23.1 Å². The number of anilines is 1. The van der Waals surface area contributed by atoms with E-state index in [1.165, 1.54) is 31.3 Å². The minimum Gasteiger partial charge on any atom is -0.481 e. The number of nitrogens with one attached hydrogen (secondary N) is 2. The lowest BCUT2D eigenvalue weighted by Crippen LogP contribution is -2.19. The second-order valence-electron chi connectivity index (χ2n) is 3.67. The summed E-state index contributed by atoms with van der Waals surface area (Å²) in [6, 6.07) is 5.66. The highest BCUT2D eigenvalue weighted by Gasteiger charge is 2.11. The van der Waals surface area contributed by atoms with Crippen LogP contribution in [0, 0.1) is 0 Å². The van der Waals surface area contributed by atoms with Crippen molar-refractivity contribution in [3.63, 3.8) is 0 Å². The number of benzene rings is 1. The predicted molar refractivity (Wildman–Crippen MR) is 76.3 cm³/mol. The van der Waals surface area contributed by atoms with Gasteiger partial charge in [-0.3, -0.25) is 9.59 Å². The van der Waals surface area contributed by atoms with Crippen LogP contribution in [-0.4, -0.2) is 44.0 Å². The summed E-state index contributed by atoms with van der Waals surface area (Å²) in [5.74, 6) is -1.46. The van der Waals surface area contributed by atoms with Crippen LogP contribution in [-0.2, 0) is 19.6 Å². The summed E-state index contributed by atoms with van der Waals surface area (Å²) in [6.45, 7) is 0. The standard InChI is InChI=1S/C11H14N2O5S2/c1-12-20(17,18)9-4-2-8(3-5-9)13-10(14)6-19-7-11(15)16/h2-5,12H,6-7H2,1H3,(H,13,14)(H,15,16). The SMILES string of the molecule is CNS(=O)(=O)c1ccc(NC(=O)CSCC(=O)O)cc1. The highest BCUT2D eigenvalue weighted by Crippen LogP contribution is 2.14. The second-order valence-corrected chi connectivity index (χ2v) is 6.54. The molecule has 0 atom stereocenters. The molecule has 0 unspecified atom stereocenters. The molecule has 0 saturated heterocycles. The van der Waals surface area contributed by atoms with Crippen molar-refractivity contribution in [3.05, 3.63) is 24.3 Å². The Balaban J connectivity index is 2.58. The summed E-state index contributed by atoms with van der Waals surface area (Å²) >= 11 is 0.982. The maximum absolute atomic E-state index is 11.5. The number of carboxylic acid groups (broad SMARTS) is 1. The molecule has 9 heteroatoms. The van der Waals surface area contributed by atoms with E-state index < -0.39 is 16.0 Å². The lowest BCUT2D eigenvalue weighted by molar-refractivity contribution is -0.133. The van der Waals surface area contributed by atoms with Gasteiger partial charge in [0.2, 0.25) is 15.9 Å². The van der Waals surface area contributed by atoms with Crippen LogP contribution in [0.1, 0.15) is 0 Å². The van der Waals surface area contributed by atoms with Crippen LogP contribution < -0.4 is 10.0 Å². The van der Waals surface area contributed by atoms with Crippen LogP contribution in [0.3, 0.4) is 0 Å².